The van der Waals surface area contributed by atoms with Crippen LogP contribution in [0.4, 0.5) is 0 Å². The van der Waals surface area contributed by atoms with Crippen LogP contribution in [0.2, 0.25) is 10.0 Å². The maximum atomic E-state index is 6.19. The zero-order valence-corrected chi connectivity index (χ0v) is 16.5. The lowest BCUT2D eigenvalue weighted by Crippen LogP contribution is -2.43. The van der Waals surface area contributed by atoms with Gasteiger partial charge in [0.25, 0.3) is 0 Å². The van der Waals surface area contributed by atoms with Crippen LogP contribution in [0.15, 0.2) is 47.6 Å². The predicted molar refractivity (Wildman–Crippen MR) is 109 cm³/mol. The smallest absolute Gasteiger partial charge is 0.0680 e. The van der Waals surface area contributed by atoms with Gasteiger partial charge < -0.3 is 0 Å². The Kier molecular flexibility index (Phi) is 7.57. The van der Waals surface area contributed by atoms with Gasteiger partial charge in [0.2, 0.25) is 0 Å². The van der Waals surface area contributed by atoms with Crippen molar-refractivity contribution < 1.29 is 0 Å². The van der Waals surface area contributed by atoms with Gasteiger partial charge in [0.1, 0.15) is 0 Å². The highest BCUT2D eigenvalue weighted by molar-refractivity contribution is 6.43. The molecule has 1 fully saturated rings. The van der Waals surface area contributed by atoms with Crippen LogP contribution in [0, 0.1) is 6.92 Å². The van der Waals surface area contributed by atoms with Gasteiger partial charge in [0.05, 0.1) is 16.3 Å². The Morgan fingerprint density at radius 1 is 1.00 bits per heavy atom. The molecule has 0 saturated carbocycles. The van der Waals surface area contributed by atoms with Gasteiger partial charge in [0, 0.05) is 38.3 Å². The maximum Gasteiger partial charge on any atom is 0.0680 e. The number of rotatable bonds is 4. The van der Waals surface area contributed by atoms with Crippen molar-refractivity contribution in [3.63, 3.8) is 0 Å². The molecule has 1 aliphatic rings. The Balaban J connectivity index is 0.00000225. The number of nitrogens with zero attached hydrogens (tertiary/aromatic N) is 3. The van der Waals surface area contributed by atoms with Crippen molar-refractivity contribution in [2.45, 2.75) is 13.5 Å². The first kappa shape index (κ1) is 20.1. The Morgan fingerprint density at radius 2 is 1.68 bits per heavy atom. The minimum Gasteiger partial charge on any atom is -0.295 e. The number of hydrogen-bond donors (Lipinski definition) is 0. The molecule has 2 aromatic rings. The fourth-order valence-corrected chi connectivity index (χ4v) is 3.08. The molecule has 0 unspecified atom stereocenters. The molecule has 6 heteroatoms. The molecular formula is C19H22Cl3N3. The SMILES string of the molecule is Cc1ccc(CN2CCN(/N=C/c3cccc(Cl)c3Cl)CC2)cc1.Cl. The van der Waals surface area contributed by atoms with Gasteiger partial charge in [-0.05, 0) is 18.6 Å². The minimum absolute atomic E-state index is 0. The van der Waals surface area contributed by atoms with E-state index in [1.54, 1.807) is 12.3 Å². The summed E-state index contributed by atoms with van der Waals surface area (Å²) in [7, 11) is 0. The van der Waals surface area contributed by atoms with E-state index in [0.717, 1.165) is 38.3 Å². The van der Waals surface area contributed by atoms with E-state index in [9.17, 15) is 0 Å². The Morgan fingerprint density at radius 3 is 2.36 bits per heavy atom. The van der Waals surface area contributed by atoms with E-state index in [0.29, 0.717) is 10.0 Å². The van der Waals surface area contributed by atoms with Gasteiger partial charge in [-0.25, -0.2) is 0 Å². The second-order valence-electron chi connectivity index (χ2n) is 6.10. The third kappa shape index (κ3) is 5.61. The van der Waals surface area contributed by atoms with Crippen molar-refractivity contribution in [2.75, 3.05) is 26.2 Å². The van der Waals surface area contributed by atoms with E-state index in [1.165, 1.54) is 11.1 Å². The molecule has 0 aromatic heterocycles. The summed E-state index contributed by atoms with van der Waals surface area (Å²) in [6.45, 7) is 6.97. The molecule has 134 valence electrons. The molecule has 1 aliphatic heterocycles. The van der Waals surface area contributed by atoms with E-state index in [1.807, 2.05) is 12.1 Å². The molecule has 0 amide bonds. The van der Waals surface area contributed by atoms with Crippen LogP contribution < -0.4 is 0 Å². The third-order valence-corrected chi connectivity index (χ3v) is 5.05. The van der Waals surface area contributed by atoms with Crippen molar-refractivity contribution in [3.8, 4) is 0 Å². The normalized spacial score (nSPS) is 15.4. The van der Waals surface area contributed by atoms with E-state index >= 15 is 0 Å². The van der Waals surface area contributed by atoms with Crippen molar-refractivity contribution in [1.82, 2.24) is 9.91 Å². The molecule has 25 heavy (non-hydrogen) atoms. The Bertz CT molecular complexity index is 708. The van der Waals surface area contributed by atoms with Crippen LogP contribution in [0.5, 0.6) is 0 Å². The number of benzene rings is 2. The summed E-state index contributed by atoms with van der Waals surface area (Å²) in [5.74, 6) is 0. The summed E-state index contributed by atoms with van der Waals surface area (Å²) in [5, 5.41) is 7.75. The number of hydrazone groups is 1. The van der Waals surface area contributed by atoms with Gasteiger partial charge in [-0.3, -0.25) is 9.91 Å². The first-order valence-electron chi connectivity index (χ1n) is 8.12. The number of piperazine rings is 1. The highest BCUT2D eigenvalue weighted by Gasteiger charge is 2.15. The van der Waals surface area contributed by atoms with Crippen molar-refractivity contribution in [2.24, 2.45) is 5.10 Å². The minimum atomic E-state index is 0. The van der Waals surface area contributed by atoms with Crippen LogP contribution in [0.25, 0.3) is 0 Å². The summed E-state index contributed by atoms with van der Waals surface area (Å²) in [6.07, 6.45) is 1.80. The van der Waals surface area contributed by atoms with Crippen LogP contribution in [0.1, 0.15) is 16.7 Å². The Hall–Kier alpha value is -1.26. The summed E-state index contributed by atoms with van der Waals surface area (Å²) in [6, 6.07) is 14.3. The van der Waals surface area contributed by atoms with Gasteiger partial charge >= 0.3 is 0 Å². The van der Waals surface area contributed by atoms with Crippen molar-refractivity contribution in [3.05, 3.63) is 69.2 Å². The standard InChI is InChI=1S/C19H21Cl2N3.ClH/c1-15-5-7-16(8-6-15)14-23-9-11-24(12-10-23)22-13-17-3-2-4-18(20)19(17)21;/h2-8,13H,9-12,14H2,1H3;1H/b22-13+;. The van der Waals surface area contributed by atoms with Gasteiger partial charge in [0.15, 0.2) is 0 Å². The molecule has 3 rings (SSSR count). The van der Waals surface area contributed by atoms with Crippen molar-refractivity contribution >= 4 is 41.8 Å². The first-order valence-corrected chi connectivity index (χ1v) is 8.88. The average molecular weight is 399 g/mol. The Labute approximate surface area is 165 Å². The summed E-state index contributed by atoms with van der Waals surface area (Å²) < 4.78 is 0. The second kappa shape index (κ2) is 9.44. The summed E-state index contributed by atoms with van der Waals surface area (Å²) >= 11 is 12.2. The van der Waals surface area contributed by atoms with E-state index in [2.05, 4.69) is 46.2 Å². The van der Waals surface area contributed by atoms with Crippen molar-refractivity contribution in [1.29, 1.82) is 0 Å². The highest BCUT2D eigenvalue weighted by atomic mass is 35.5. The lowest BCUT2D eigenvalue weighted by Gasteiger charge is -2.33. The second-order valence-corrected chi connectivity index (χ2v) is 6.89. The largest absolute Gasteiger partial charge is 0.295 e. The van der Waals surface area contributed by atoms with E-state index in [-0.39, 0.29) is 12.4 Å². The summed E-state index contributed by atoms with van der Waals surface area (Å²) in [4.78, 5) is 2.46. The van der Waals surface area contributed by atoms with Crippen LogP contribution in [-0.4, -0.2) is 42.3 Å². The van der Waals surface area contributed by atoms with Gasteiger partial charge in [-0.2, -0.15) is 5.10 Å². The molecule has 0 atom stereocenters. The molecule has 0 bridgehead atoms. The molecule has 1 saturated heterocycles. The first-order chi connectivity index (χ1) is 11.6. The monoisotopic (exact) mass is 397 g/mol. The third-order valence-electron chi connectivity index (χ3n) is 4.22. The fourth-order valence-electron chi connectivity index (χ4n) is 2.73. The predicted octanol–water partition coefficient (Wildman–Crippen LogP) is 4.88. The van der Waals surface area contributed by atoms with Gasteiger partial charge in [-0.15, -0.1) is 12.4 Å². The van der Waals surface area contributed by atoms with Gasteiger partial charge in [-0.1, -0.05) is 65.2 Å². The fraction of sp³-hybridized carbons (Fsp3) is 0.316. The van der Waals surface area contributed by atoms with E-state index < -0.39 is 0 Å². The zero-order valence-electron chi connectivity index (χ0n) is 14.2. The lowest BCUT2D eigenvalue weighted by atomic mass is 10.1. The molecule has 1 heterocycles. The number of hydrogen-bond acceptors (Lipinski definition) is 3. The summed E-state index contributed by atoms with van der Waals surface area (Å²) in [5.41, 5.74) is 3.52. The molecule has 0 radical (unpaired) electrons. The van der Waals surface area contributed by atoms with E-state index in [4.69, 9.17) is 23.2 Å². The molecule has 2 aromatic carbocycles. The molecule has 0 N–H and O–H groups in total. The molecule has 0 spiro atoms. The zero-order chi connectivity index (χ0) is 16.9. The quantitative estimate of drug-likeness (QED) is 0.684. The maximum absolute atomic E-state index is 6.19. The number of aryl methyl sites for hydroxylation is 1. The average Bonchev–Trinajstić information content (AvgIpc) is 2.59. The molecular weight excluding hydrogens is 377 g/mol. The highest BCUT2D eigenvalue weighted by Crippen LogP contribution is 2.24. The molecule has 0 aliphatic carbocycles. The number of halogens is 3. The van der Waals surface area contributed by atoms with Crippen LogP contribution in [-0.2, 0) is 6.54 Å². The topological polar surface area (TPSA) is 18.8 Å². The molecule has 3 nitrogen and oxygen atoms in total. The lowest BCUT2D eigenvalue weighted by molar-refractivity contribution is 0.131. The van der Waals surface area contributed by atoms with Crippen LogP contribution in [0.3, 0.4) is 0 Å². The van der Waals surface area contributed by atoms with Crippen LogP contribution >= 0.6 is 35.6 Å².